The average molecular weight is 677 g/mol. The van der Waals surface area contributed by atoms with Crippen LogP contribution in [0.5, 0.6) is 0 Å². The molecule has 1 aliphatic rings. The summed E-state index contributed by atoms with van der Waals surface area (Å²) in [4.78, 5) is 0. The molecule has 0 atom stereocenters. The Morgan fingerprint density at radius 2 is 0.811 bits per heavy atom. The molecule has 8 aromatic carbocycles. The molecule has 2 heteroatoms. The molecule has 0 N–H and O–H groups in total. The number of hydrogen-bond acceptors (Lipinski definition) is 0. The first-order valence-corrected chi connectivity index (χ1v) is 18.5. The Balaban J connectivity index is 1.09. The SMILES string of the molecule is CC1(C)c2ccccc2-c2ccc(-n3c4ccccc4c4cc(-c5ccc6c(c5)c5cc(-c7ccccc7)ccc5n6-c5ccccc5)ccc43)cc21. The van der Waals surface area contributed by atoms with Crippen LogP contribution in [0.4, 0.5) is 0 Å². The lowest BCUT2D eigenvalue weighted by atomic mass is 9.82. The molecule has 2 aromatic heterocycles. The second-order valence-electron chi connectivity index (χ2n) is 15.0. The molecule has 0 aliphatic heterocycles. The topological polar surface area (TPSA) is 9.86 Å². The molecule has 11 rings (SSSR count). The van der Waals surface area contributed by atoms with E-state index in [1.54, 1.807) is 0 Å². The fourth-order valence-electron chi connectivity index (χ4n) is 9.13. The zero-order chi connectivity index (χ0) is 35.3. The van der Waals surface area contributed by atoms with E-state index in [4.69, 9.17) is 0 Å². The minimum Gasteiger partial charge on any atom is -0.309 e. The summed E-state index contributed by atoms with van der Waals surface area (Å²) >= 11 is 0. The number of hydrogen-bond donors (Lipinski definition) is 0. The van der Waals surface area contributed by atoms with Crippen molar-refractivity contribution in [1.29, 1.82) is 0 Å². The molecule has 10 aromatic rings. The average Bonchev–Trinajstić information content (AvgIpc) is 3.80. The molecule has 0 saturated heterocycles. The van der Waals surface area contributed by atoms with Crippen LogP contribution >= 0.6 is 0 Å². The van der Waals surface area contributed by atoms with Gasteiger partial charge in [-0.3, -0.25) is 0 Å². The quantitative estimate of drug-likeness (QED) is 0.176. The molecule has 0 unspecified atom stereocenters. The second-order valence-corrected chi connectivity index (χ2v) is 15.0. The summed E-state index contributed by atoms with van der Waals surface area (Å²) in [5.41, 5.74) is 17.5. The Kier molecular flexibility index (Phi) is 6.33. The summed E-state index contributed by atoms with van der Waals surface area (Å²) in [5.74, 6) is 0. The van der Waals surface area contributed by atoms with Crippen molar-refractivity contribution in [3.8, 4) is 44.8 Å². The Hall–Kier alpha value is -6.64. The van der Waals surface area contributed by atoms with E-state index in [0.29, 0.717) is 0 Å². The molecule has 0 amide bonds. The van der Waals surface area contributed by atoms with Gasteiger partial charge in [0, 0.05) is 38.3 Å². The van der Waals surface area contributed by atoms with Crippen LogP contribution in [-0.2, 0) is 5.41 Å². The van der Waals surface area contributed by atoms with Gasteiger partial charge in [0.05, 0.1) is 22.1 Å². The van der Waals surface area contributed by atoms with Crippen LogP contribution in [0, 0.1) is 0 Å². The van der Waals surface area contributed by atoms with Crippen LogP contribution in [0.1, 0.15) is 25.0 Å². The smallest absolute Gasteiger partial charge is 0.0541 e. The normalized spacial score (nSPS) is 13.2. The Morgan fingerprint density at radius 1 is 0.321 bits per heavy atom. The lowest BCUT2D eigenvalue weighted by molar-refractivity contribution is 0.660. The minimum atomic E-state index is -0.0575. The van der Waals surface area contributed by atoms with E-state index in [1.807, 2.05) is 0 Å². The molecule has 2 nitrogen and oxygen atoms in total. The van der Waals surface area contributed by atoms with E-state index in [9.17, 15) is 0 Å². The Bertz CT molecular complexity index is 3070. The summed E-state index contributed by atoms with van der Waals surface area (Å²) in [6, 6.07) is 67.1. The van der Waals surface area contributed by atoms with Crippen LogP contribution in [0.3, 0.4) is 0 Å². The van der Waals surface area contributed by atoms with Gasteiger partial charge in [-0.15, -0.1) is 0 Å². The number of aromatic nitrogens is 2. The third-order valence-corrected chi connectivity index (χ3v) is 11.7. The molecular formula is C51H36N2. The molecule has 0 fully saturated rings. The lowest BCUT2D eigenvalue weighted by Crippen LogP contribution is -2.15. The molecular weight excluding hydrogens is 641 g/mol. The summed E-state index contributed by atoms with van der Waals surface area (Å²) in [6.07, 6.45) is 0. The summed E-state index contributed by atoms with van der Waals surface area (Å²) in [7, 11) is 0. The van der Waals surface area contributed by atoms with Gasteiger partial charge in [-0.05, 0) is 111 Å². The fourth-order valence-corrected chi connectivity index (χ4v) is 9.13. The monoisotopic (exact) mass is 676 g/mol. The number of rotatable bonds is 4. The number of para-hydroxylation sites is 2. The van der Waals surface area contributed by atoms with Crippen molar-refractivity contribution in [3.63, 3.8) is 0 Å². The molecule has 0 saturated carbocycles. The van der Waals surface area contributed by atoms with Gasteiger partial charge in [-0.2, -0.15) is 0 Å². The summed E-state index contributed by atoms with van der Waals surface area (Å²) in [5, 5.41) is 5.04. The van der Waals surface area contributed by atoms with Crippen LogP contribution in [0.2, 0.25) is 0 Å². The van der Waals surface area contributed by atoms with Gasteiger partial charge in [-0.1, -0.05) is 129 Å². The highest BCUT2D eigenvalue weighted by atomic mass is 15.0. The lowest BCUT2D eigenvalue weighted by Gasteiger charge is -2.22. The van der Waals surface area contributed by atoms with Gasteiger partial charge < -0.3 is 9.13 Å². The van der Waals surface area contributed by atoms with Crippen molar-refractivity contribution in [3.05, 3.63) is 193 Å². The van der Waals surface area contributed by atoms with E-state index in [0.717, 1.165) is 0 Å². The maximum Gasteiger partial charge on any atom is 0.0541 e. The van der Waals surface area contributed by atoms with Crippen molar-refractivity contribution in [1.82, 2.24) is 9.13 Å². The summed E-state index contributed by atoms with van der Waals surface area (Å²) < 4.78 is 4.85. The third-order valence-electron chi connectivity index (χ3n) is 11.7. The molecule has 53 heavy (non-hydrogen) atoms. The molecule has 0 spiro atoms. The molecule has 250 valence electrons. The van der Waals surface area contributed by atoms with Gasteiger partial charge >= 0.3 is 0 Å². The van der Waals surface area contributed by atoms with Crippen molar-refractivity contribution in [2.24, 2.45) is 0 Å². The third kappa shape index (κ3) is 4.39. The molecule has 1 aliphatic carbocycles. The number of benzene rings is 8. The summed E-state index contributed by atoms with van der Waals surface area (Å²) in [6.45, 7) is 4.71. The molecule has 0 bridgehead atoms. The highest BCUT2D eigenvalue weighted by Crippen LogP contribution is 2.49. The highest BCUT2D eigenvalue weighted by Gasteiger charge is 2.35. The molecule has 2 heterocycles. The standard InChI is InChI=1S/C51H36N2/c1-51(2)45-19-11-9-17-39(45)40-25-24-38(32-46(40)51)53-47-20-12-10-18-41(47)42-30-35(22-27-48(42)53)36-23-28-50-44(31-36)43-29-34(33-13-5-3-6-14-33)21-26-49(43)52(50)37-15-7-4-8-16-37/h3-32H,1-2H3. The first kappa shape index (κ1) is 30.0. The van der Waals surface area contributed by atoms with E-state index in [-0.39, 0.29) is 5.41 Å². The maximum absolute atomic E-state index is 2.45. The molecule has 0 radical (unpaired) electrons. The van der Waals surface area contributed by atoms with Crippen molar-refractivity contribution >= 4 is 43.6 Å². The van der Waals surface area contributed by atoms with Crippen LogP contribution < -0.4 is 0 Å². The van der Waals surface area contributed by atoms with Crippen LogP contribution in [0.25, 0.3) is 88.4 Å². The highest BCUT2D eigenvalue weighted by molar-refractivity contribution is 6.13. The van der Waals surface area contributed by atoms with E-state index < -0.39 is 0 Å². The zero-order valence-electron chi connectivity index (χ0n) is 29.7. The van der Waals surface area contributed by atoms with Gasteiger partial charge in [0.2, 0.25) is 0 Å². The fraction of sp³-hybridized carbons (Fsp3) is 0.0588. The van der Waals surface area contributed by atoms with E-state index in [1.165, 1.54) is 99.5 Å². The van der Waals surface area contributed by atoms with Crippen molar-refractivity contribution in [2.75, 3.05) is 0 Å². The predicted molar refractivity (Wildman–Crippen MR) is 224 cm³/mol. The van der Waals surface area contributed by atoms with Crippen molar-refractivity contribution in [2.45, 2.75) is 19.3 Å². The van der Waals surface area contributed by atoms with Gasteiger partial charge in [0.1, 0.15) is 0 Å². The van der Waals surface area contributed by atoms with Crippen LogP contribution in [-0.4, -0.2) is 9.13 Å². The number of fused-ring (bicyclic) bond motifs is 9. The van der Waals surface area contributed by atoms with Crippen LogP contribution in [0.15, 0.2) is 182 Å². The first-order chi connectivity index (χ1) is 26.0. The largest absolute Gasteiger partial charge is 0.309 e. The first-order valence-electron chi connectivity index (χ1n) is 18.5. The van der Waals surface area contributed by atoms with Crippen molar-refractivity contribution < 1.29 is 0 Å². The van der Waals surface area contributed by atoms with Gasteiger partial charge in [0.25, 0.3) is 0 Å². The van der Waals surface area contributed by atoms with E-state index >= 15 is 0 Å². The zero-order valence-corrected chi connectivity index (χ0v) is 29.7. The van der Waals surface area contributed by atoms with Gasteiger partial charge in [0.15, 0.2) is 0 Å². The van der Waals surface area contributed by atoms with Gasteiger partial charge in [-0.25, -0.2) is 0 Å². The number of nitrogens with zero attached hydrogens (tertiary/aromatic N) is 2. The Labute approximate surface area is 308 Å². The Morgan fingerprint density at radius 3 is 1.49 bits per heavy atom. The second kappa shape index (κ2) is 11.2. The van der Waals surface area contributed by atoms with E-state index in [2.05, 4.69) is 205 Å². The maximum atomic E-state index is 2.45. The minimum absolute atomic E-state index is 0.0575. The predicted octanol–water partition coefficient (Wildman–Crippen LogP) is 13.5.